The molecule has 1 atom stereocenters. The van der Waals surface area contributed by atoms with Crippen LogP contribution in [-0.4, -0.2) is 26.1 Å². The molecule has 0 saturated heterocycles. The van der Waals surface area contributed by atoms with E-state index in [1.54, 1.807) is 19.2 Å². The predicted molar refractivity (Wildman–Crippen MR) is 58.6 cm³/mol. The summed E-state index contributed by atoms with van der Waals surface area (Å²) in [5, 5.41) is 0. The van der Waals surface area contributed by atoms with Crippen LogP contribution in [0.1, 0.15) is 23.7 Å². The van der Waals surface area contributed by atoms with E-state index in [1.807, 2.05) is 6.92 Å². The molecule has 0 aromatic heterocycles. The molecule has 4 nitrogen and oxygen atoms in total. The fourth-order valence-corrected chi connectivity index (χ4v) is 1.83. The Hall–Kier alpha value is -1.71. The van der Waals surface area contributed by atoms with Crippen LogP contribution in [0.5, 0.6) is 17.2 Å². The molecule has 1 aromatic carbocycles. The minimum atomic E-state index is -0.100. The molecule has 0 saturated carbocycles. The molecule has 0 fully saturated rings. The van der Waals surface area contributed by atoms with Gasteiger partial charge in [-0.05, 0) is 6.92 Å². The van der Waals surface area contributed by atoms with Crippen molar-refractivity contribution < 1.29 is 19.0 Å². The second kappa shape index (κ2) is 4.04. The number of fused-ring (bicyclic) bond motifs is 1. The Balaban J connectivity index is 2.56. The van der Waals surface area contributed by atoms with Gasteiger partial charge in [0.15, 0.2) is 5.78 Å². The third-order valence-corrected chi connectivity index (χ3v) is 2.57. The van der Waals surface area contributed by atoms with E-state index in [2.05, 4.69) is 0 Å². The van der Waals surface area contributed by atoms with Gasteiger partial charge >= 0.3 is 0 Å². The van der Waals surface area contributed by atoms with Gasteiger partial charge in [0.1, 0.15) is 28.9 Å². The van der Waals surface area contributed by atoms with Crippen molar-refractivity contribution in [2.45, 2.75) is 19.4 Å². The molecule has 2 rings (SSSR count). The van der Waals surface area contributed by atoms with Gasteiger partial charge in [0.05, 0.1) is 14.2 Å². The first kappa shape index (κ1) is 10.8. The topological polar surface area (TPSA) is 44.8 Å². The zero-order valence-corrected chi connectivity index (χ0v) is 9.57. The molecule has 0 amide bonds. The number of methoxy groups -OCH3 is 2. The third kappa shape index (κ3) is 1.71. The van der Waals surface area contributed by atoms with Gasteiger partial charge in [-0.2, -0.15) is 0 Å². The zero-order valence-electron chi connectivity index (χ0n) is 9.57. The number of benzene rings is 1. The number of rotatable bonds is 2. The van der Waals surface area contributed by atoms with Crippen molar-refractivity contribution in [3.63, 3.8) is 0 Å². The standard InChI is InChI=1S/C12H14O4/c1-7-4-9(13)12-10(15-3)5-8(14-2)6-11(12)16-7/h5-7H,4H2,1-3H3/t7-/m1/s1. The van der Waals surface area contributed by atoms with E-state index in [9.17, 15) is 4.79 Å². The molecule has 1 heterocycles. The van der Waals surface area contributed by atoms with Crippen LogP contribution in [0.15, 0.2) is 12.1 Å². The molecule has 4 heteroatoms. The molecule has 0 aliphatic carbocycles. The number of Topliss-reactive ketones (excluding diaryl/α,β-unsaturated/α-hetero) is 1. The summed E-state index contributed by atoms with van der Waals surface area (Å²) in [7, 11) is 3.09. The number of ether oxygens (including phenoxy) is 3. The van der Waals surface area contributed by atoms with Crippen molar-refractivity contribution in [2.75, 3.05) is 14.2 Å². The third-order valence-electron chi connectivity index (χ3n) is 2.57. The van der Waals surface area contributed by atoms with Gasteiger partial charge in [-0.25, -0.2) is 0 Å². The van der Waals surface area contributed by atoms with Crippen LogP contribution in [0.3, 0.4) is 0 Å². The normalized spacial score (nSPS) is 18.7. The van der Waals surface area contributed by atoms with E-state index in [-0.39, 0.29) is 11.9 Å². The Bertz CT molecular complexity index is 425. The molecule has 1 aliphatic rings. The SMILES string of the molecule is COc1cc(OC)c2c(c1)O[C@H](C)CC2=O. The molecule has 1 aliphatic heterocycles. The first-order chi connectivity index (χ1) is 7.65. The quantitative estimate of drug-likeness (QED) is 0.768. The average molecular weight is 222 g/mol. The van der Waals surface area contributed by atoms with E-state index >= 15 is 0 Å². The van der Waals surface area contributed by atoms with Crippen LogP contribution in [0.4, 0.5) is 0 Å². The van der Waals surface area contributed by atoms with Crippen molar-refractivity contribution in [3.05, 3.63) is 17.7 Å². The second-order valence-electron chi connectivity index (χ2n) is 3.76. The number of carbonyl (C=O) groups is 1. The summed E-state index contributed by atoms with van der Waals surface area (Å²) in [4.78, 5) is 11.9. The number of ketones is 1. The van der Waals surface area contributed by atoms with E-state index in [4.69, 9.17) is 14.2 Å². The lowest BCUT2D eigenvalue weighted by molar-refractivity contribution is 0.0865. The van der Waals surface area contributed by atoms with Crippen LogP contribution in [0.25, 0.3) is 0 Å². The van der Waals surface area contributed by atoms with Gasteiger partial charge in [-0.1, -0.05) is 0 Å². The molecule has 0 bridgehead atoms. The predicted octanol–water partition coefficient (Wildman–Crippen LogP) is 2.06. The summed E-state index contributed by atoms with van der Waals surface area (Å²) in [6, 6.07) is 3.40. The van der Waals surface area contributed by atoms with Crippen LogP contribution in [0.2, 0.25) is 0 Å². The molecule has 0 radical (unpaired) electrons. The van der Waals surface area contributed by atoms with E-state index in [0.717, 1.165) is 0 Å². The summed E-state index contributed by atoms with van der Waals surface area (Å²) >= 11 is 0. The molecule has 16 heavy (non-hydrogen) atoms. The highest BCUT2D eigenvalue weighted by Crippen LogP contribution is 2.38. The van der Waals surface area contributed by atoms with Crippen molar-refractivity contribution in [1.82, 2.24) is 0 Å². The summed E-state index contributed by atoms with van der Waals surface area (Å²) in [6.07, 6.45) is 0.284. The number of carbonyl (C=O) groups excluding carboxylic acids is 1. The van der Waals surface area contributed by atoms with Gasteiger partial charge in [0.25, 0.3) is 0 Å². The molecule has 0 spiro atoms. The monoisotopic (exact) mass is 222 g/mol. The number of hydrogen-bond acceptors (Lipinski definition) is 4. The minimum absolute atomic E-state index is 0.0493. The average Bonchev–Trinajstić information content (AvgIpc) is 2.26. The summed E-state index contributed by atoms with van der Waals surface area (Å²) in [5.41, 5.74) is 0.515. The maximum atomic E-state index is 11.9. The van der Waals surface area contributed by atoms with Crippen molar-refractivity contribution in [2.24, 2.45) is 0 Å². The van der Waals surface area contributed by atoms with Gasteiger partial charge in [-0.3, -0.25) is 4.79 Å². The van der Waals surface area contributed by atoms with Gasteiger partial charge in [0, 0.05) is 18.6 Å². The molecule has 0 unspecified atom stereocenters. The lowest BCUT2D eigenvalue weighted by atomic mass is 10.00. The van der Waals surface area contributed by atoms with Crippen LogP contribution < -0.4 is 14.2 Å². The second-order valence-corrected chi connectivity index (χ2v) is 3.76. The van der Waals surface area contributed by atoms with E-state index < -0.39 is 0 Å². The molecule has 0 N–H and O–H groups in total. The van der Waals surface area contributed by atoms with E-state index in [0.29, 0.717) is 29.2 Å². The maximum absolute atomic E-state index is 11.9. The van der Waals surface area contributed by atoms with E-state index in [1.165, 1.54) is 7.11 Å². The summed E-state index contributed by atoms with van der Waals surface area (Å²) < 4.78 is 15.9. The molecular formula is C12H14O4. The lowest BCUT2D eigenvalue weighted by Gasteiger charge is -2.24. The van der Waals surface area contributed by atoms with Crippen LogP contribution in [0, 0.1) is 0 Å². The van der Waals surface area contributed by atoms with Gasteiger partial charge in [0.2, 0.25) is 0 Å². The lowest BCUT2D eigenvalue weighted by Crippen LogP contribution is -2.24. The van der Waals surface area contributed by atoms with Crippen molar-refractivity contribution in [1.29, 1.82) is 0 Å². The summed E-state index contributed by atoms with van der Waals surface area (Å²) in [6.45, 7) is 1.87. The first-order valence-electron chi connectivity index (χ1n) is 5.11. The largest absolute Gasteiger partial charge is 0.496 e. The highest BCUT2D eigenvalue weighted by atomic mass is 16.5. The Morgan fingerprint density at radius 2 is 2.06 bits per heavy atom. The summed E-state index contributed by atoms with van der Waals surface area (Å²) in [5.74, 6) is 1.72. The zero-order chi connectivity index (χ0) is 11.7. The minimum Gasteiger partial charge on any atom is -0.496 e. The van der Waals surface area contributed by atoms with Gasteiger partial charge < -0.3 is 14.2 Å². The maximum Gasteiger partial charge on any atom is 0.174 e. The highest BCUT2D eigenvalue weighted by Gasteiger charge is 2.28. The molecular weight excluding hydrogens is 208 g/mol. The molecule has 1 aromatic rings. The molecule has 86 valence electrons. The highest BCUT2D eigenvalue weighted by molar-refractivity contribution is 6.02. The van der Waals surface area contributed by atoms with Gasteiger partial charge in [-0.15, -0.1) is 0 Å². The van der Waals surface area contributed by atoms with Crippen molar-refractivity contribution in [3.8, 4) is 17.2 Å². The van der Waals surface area contributed by atoms with Crippen molar-refractivity contribution >= 4 is 5.78 Å². The fourth-order valence-electron chi connectivity index (χ4n) is 1.83. The Labute approximate surface area is 94.1 Å². The van der Waals surface area contributed by atoms with Crippen LogP contribution >= 0.6 is 0 Å². The fraction of sp³-hybridized carbons (Fsp3) is 0.417. The van der Waals surface area contributed by atoms with Crippen LogP contribution in [-0.2, 0) is 0 Å². The Kier molecular flexibility index (Phi) is 2.73. The Morgan fingerprint density at radius 3 is 2.69 bits per heavy atom. The first-order valence-corrected chi connectivity index (χ1v) is 5.11. The number of hydrogen-bond donors (Lipinski definition) is 0. The Morgan fingerprint density at radius 1 is 1.31 bits per heavy atom. The smallest absolute Gasteiger partial charge is 0.174 e.